The molecule has 1 aliphatic rings. The van der Waals surface area contributed by atoms with Crippen LogP contribution in [-0.2, 0) is 6.54 Å². The van der Waals surface area contributed by atoms with Crippen LogP contribution < -0.4 is 0 Å². The van der Waals surface area contributed by atoms with Crippen molar-refractivity contribution in [1.82, 2.24) is 14.8 Å². The first kappa shape index (κ1) is 13.5. The highest BCUT2D eigenvalue weighted by atomic mass is 19.3. The standard InChI is InChI=1S/C15H19F2N3/c1-3-4-7-20-15-13(9(2)19-20)11(14(16)17)8-12(18-15)10-5-6-10/h8,10,14H,3-7H2,1-2H3. The van der Waals surface area contributed by atoms with Crippen molar-refractivity contribution in [1.29, 1.82) is 0 Å². The van der Waals surface area contributed by atoms with Crippen LogP contribution in [0.5, 0.6) is 0 Å². The number of fused-ring (bicyclic) bond motifs is 1. The number of alkyl halides is 2. The van der Waals surface area contributed by atoms with Crippen LogP contribution in [-0.4, -0.2) is 14.8 Å². The summed E-state index contributed by atoms with van der Waals surface area (Å²) in [6, 6.07) is 1.59. The first-order valence-corrected chi connectivity index (χ1v) is 7.28. The maximum absolute atomic E-state index is 13.3. The molecule has 2 aromatic rings. The summed E-state index contributed by atoms with van der Waals surface area (Å²) in [4.78, 5) is 4.62. The van der Waals surface area contributed by atoms with E-state index in [1.54, 1.807) is 17.7 Å². The third-order valence-electron chi connectivity index (χ3n) is 3.88. The Morgan fingerprint density at radius 2 is 2.15 bits per heavy atom. The van der Waals surface area contributed by atoms with E-state index in [-0.39, 0.29) is 5.56 Å². The average molecular weight is 279 g/mol. The van der Waals surface area contributed by atoms with Crippen LogP contribution in [0.1, 0.15) is 61.9 Å². The van der Waals surface area contributed by atoms with Crippen molar-refractivity contribution in [2.45, 2.75) is 58.4 Å². The highest BCUT2D eigenvalue weighted by Crippen LogP contribution is 2.41. The second-order valence-electron chi connectivity index (χ2n) is 5.57. The second kappa shape index (κ2) is 5.11. The Morgan fingerprint density at radius 1 is 1.40 bits per heavy atom. The molecule has 0 aliphatic heterocycles. The van der Waals surface area contributed by atoms with Crippen molar-refractivity contribution in [2.24, 2.45) is 0 Å². The van der Waals surface area contributed by atoms with Crippen molar-refractivity contribution in [2.75, 3.05) is 0 Å². The fraction of sp³-hybridized carbons (Fsp3) is 0.600. The fourth-order valence-electron chi connectivity index (χ4n) is 2.63. The van der Waals surface area contributed by atoms with Crippen LogP contribution in [0.15, 0.2) is 6.07 Å². The van der Waals surface area contributed by atoms with Gasteiger partial charge in [0.15, 0.2) is 5.65 Å². The molecule has 1 saturated carbocycles. The van der Waals surface area contributed by atoms with Crippen molar-refractivity contribution in [3.8, 4) is 0 Å². The van der Waals surface area contributed by atoms with E-state index >= 15 is 0 Å². The number of pyridine rings is 1. The van der Waals surface area contributed by atoms with Gasteiger partial charge in [0.05, 0.1) is 11.1 Å². The fourth-order valence-corrected chi connectivity index (χ4v) is 2.63. The number of aromatic nitrogens is 3. The zero-order chi connectivity index (χ0) is 14.3. The minimum atomic E-state index is -2.47. The first-order chi connectivity index (χ1) is 9.61. The highest BCUT2D eigenvalue weighted by molar-refractivity contribution is 5.82. The molecule has 0 radical (unpaired) electrons. The lowest BCUT2D eigenvalue weighted by Gasteiger charge is -2.07. The van der Waals surface area contributed by atoms with Crippen LogP contribution in [0.2, 0.25) is 0 Å². The summed E-state index contributed by atoms with van der Waals surface area (Å²) in [7, 11) is 0. The van der Waals surface area contributed by atoms with Gasteiger partial charge >= 0.3 is 0 Å². The molecule has 0 spiro atoms. The summed E-state index contributed by atoms with van der Waals surface area (Å²) in [6.45, 7) is 4.63. The largest absolute Gasteiger partial charge is 0.264 e. The van der Waals surface area contributed by atoms with Gasteiger partial charge in [0.25, 0.3) is 6.43 Å². The Labute approximate surface area is 117 Å². The molecule has 2 heterocycles. The summed E-state index contributed by atoms with van der Waals surface area (Å²) >= 11 is 0. The number of aryl methyl sites for hydroxylation is 2. The number of hydrogen-bond donors (Lipinski definition) is 0. The van der Waals surface area contributed by atoms with Crippen LogP contribution in [0, 0.1) is 6.92 Å². The predicted molar refractivity (Wildman–Crippen MR) is 74.1 cm³/mol. The molecule has 3 nitrogen and oxygen atoms in total. The smallest absolute Gasteiger partial charge is 0.247 e. The maximum atomic E-state index is 13.3. The van der Waals surface area contributed by atoms with Gasteiger partial charge in [0.2, 0.25) is 0 Å². The van der Waals surface area contributed by atoms with E-state index in [2.05, 4.69) is 17.0 Å². The number of nitrogens with zero attached hydrogens (tertiary/aromatic N) is 3. The van der Waals surface area contributed by atoms with E-state index in [9.17, 15) is 8.78 Å². The summed E-state index contributed by atoms with van der Waals surface area (Å²) in [5.74, 6) is 0.367. The Kier molecular flexibility index (Phi) is 3.44. The quantitative estimate of drug-likeness (QED) is 0.814. The zero-order valence-electron chi connectivity index (χ0n) is 11.9. The van der Waals surface area contributed by atoms with Crippen LogP contribution in [0.25, 0.3) is 11.0 Å². The average Bonchev–Trinajstić information content (AvgIpc) is 3.22. The lowest BCUT2D eigenvalue weighted by Crippen LogP contribution is -2.03. The van der Waals surface area contributed by atoms with E-state index < -0.39 is 6.43 Å². The molecule has 0 atom stereocenters. The summed E-state index contributed by atoms with van der Waals surface area (Å²) < 4.78 is 28.5. The van der Waals surface area contributed by atoms with Gasteiger partial charge in [-0.2, -0.15) is 5.10 Å². The Bertz CT molecular complexity index is 630. The topological polar surface area (TPSA) is 30.7 Å². The molecular formula is C15H19F2N3. The van der Waals surface area contributed by atoms with Gasteiger partial charge in [-0.05, 0) is 32.3 Å². The molecule has 3 rings (SSSR count). The maximum Gasteiger partial charge on any atom is 0.264 e. The van der Waals surface area contributed by atoms with Gasteiger partial charge in [0.1, 0.15) is 0 Å². The highest BCUT2D eigenvalue weighted by Gasteiger charge is 2.28. The zero-order valence-corrected chi connectivity index (χ0v) is 11.9. The molecule has 5 heteroatoms. The monoisotopic (exact) mass is 279 g/mol. The normalized spacial score (nSPS) is 15.4. The number of halogens is 2. The third kappa shape index (κ3) is 2.30. The lowest BCUT2D eigenvalue weighted by atomic mass is 10.1. The molecule has 2 aromatic heterocycles. The van der Waals surface area contributed by atoms with Crippen LogP contribution in [0.3, 0.4) is 0 Å². The summed E-state index contributed by atoms with van der Waals surface area (Å²) in [5, 5.41) is 4.95. The van der Waals surface area contributed by atoms with Gasteiger partial charge in [-0.25, -0.2) is 18.4 Å². The number of rotatable bonds is 5. The molecule has 20 heavy (non-hydrogen) atoms. The number of hydrogen-bond acceptors (Lipinski definition) is 2. The minimum Gasteiger partial charge on any atom is -0.247 e. The van der Waals surface area contributed by atoms with Crippen LogP contribution >= 0.6 is 0 Å². The van der Waals surface area contributed by atoms with Gasteiger partial charge in [-0.15, -0.1) is 0 Å². The summed E-state index contributed by atoms with van der Waals surface area (Å²) in [6.07, 6.45) is 1.67. The second-order valence-corrected chi connectivity index (χ2v) is 5.57. The molecule has 0 saturated heterocycles. The van der Waals surface area contributed by atoms with Gasteiger partial charge < -0.3 is 0 Å². The Balaban J connectivity index is 2.17. The molecule has 108 valence electrons. The van der Waals surface area contributed by atoms with E-state index in [1.807, 2.05) is 0 Å². The summed E-state index contributed by atoms with van der Waals surface area (Å²) in [5.41, 5.74) is 2.19. The van der Waals surface area contributed by atoms with E-state index in [0.29, 0.717) is 22.6 Å². The lowest BCUT2D eigenvalue weighted by molar-refractivity contribution is 0.153. The van der Waals surface area contributed by atoms with Crippen molar-refractivity contribution < 1.29 is 8.78 Å². The molecule has 0 aromatic carbocycles. The van der Waals surface area contributed by atoms with Gasteiger partial charge in [0, 0.05) is 23.7 Å². The Hall–Kier alpha value is -1.52. The predicted octanol–water partition coefficient (Wildman–Crippen LogP) is 4.35. The third-order valence-corrected chi connectivity index (χ3v) is 3.88. The minimum absolute atomic E-state index is 0.0946. The molecule has 1 aliphatic carbocycles. The van der Waals surface area contributed by atoms with Crippen molar-refractivity contribution in [3.05, 3.63) is 23.0 Å². The molecular weight excluding hydrogens is 260 g/mol. The van der Waals surface area contributed by atoms with E-state index in [4.69, 9.17) is 0 Å². The van der Waals surface area contributed by atoms with E-state index in [1.165, 1.54) is 0 Å². The van der Waals surface area contributed by atoms with E-state index in [0.717, 1.165) is 37.9 Å². The Morgan fingerprint density at radius 3 is 2.75 bits per heavy atom. The SMILES string of the molecule is CCCCn1nc(C)c2c(C(F)F)cc(C3CC3)nc21. The molecule has 1 fully saturated rings. The molecule has 0 amide bonds. The van der Waals surface area contributed by atoms with Crippen LogP contribution in [0.4, 0.5) is 8.78 Å². The number of unbranched alkanes of at least 4 members (excludes halogenated alkanes) is 1. The first-order valence-electron chi connectivity index (χ1n) is 7.28. The van der Waals surface area contributed by atoms with Crippen molar-refractivity contribution in [3.63, 3.8) is 0 Å². The van der Waals surface area contributed by atoms with Gasteiger partial charge in [-0.3, -0.25) is 0 Å². The molecule has 0 N–H and O–H groups in total. The van der Waals surface area contributed by atoms with Crippen molar-refractivity contribution >= 4 is 11.0 Å². The molecule has 0 unspecified atom stereocenters. The van der Waals surface area contributed by atoms with Gasteiger partial charge in [-0.1, -0.05) is 13.3 Å². The molecule has 0 bridgehead atoms.